The van der Waals surface area contributed by atoms with E-state index >= 15 is 0 Å². The van der Waals surface area contributed by atoms with Crippen molar-refractivity contribution in [2.75, 3.05) is 11.9 Å². The van der Waals surface area contributed by atoms with Gasteiger partial charge < -0.3 is 10.1 Å². The molecule has 1 N–H and O–H groups in total. The van der Waals surface area contributed by atoms with Crippen LogP contribution in [0.5, 0.6) is 5.75 Å². The summed E-state index contributed by atoms with van der Waals surface area (Å²) in [4.78, 5) is 0. The molecule has 2 rings (SSSR count). The molecule has 100 valence electrons. The molecule has 0 atom stereocenters. The van der Waals surface area contributed by atoms with Gasteiger partial charge in [-0.3, -0.25) is 0 Å². The SMILES string of the molecule is CCOc1ccc(CNc2ccc(Br)cc2)cc1Cl. The first-order chi connectivity index (χ1) is 9.19. The molecule has 0 spiro atoms. The zero-order valence-corrected chi connectivity index (χ0v) is 13.0. The third kappa shape index (κ3) is 4.15. The Bertz CT molecular complexity index is 542. The molecule has 2 aromatic rings. The monoisotopic (exact) mass is 339 g/mol. The maximum absolute atomic E-state index is 6.15. The molecule has 0 radical (unpaired) electrons. The number of hydrogen-bond acceptors (Lipinski definition) is 2. The first-order valence-corrected chi connectivity index (χ1v) is 7.27. The summed E-state index contributed by atoms with van der Waals surface area (Å²) >= 11 is 9.57. The molecule has 0 fully saturated rings. The van der Waals surface area contributed by atoms with Crippen LogP contribution in [0.2, 0.25) is 5.02 Å². The third-order valence-electron chi connectivity index (χ3n) is 2.64. The molecule has 0 amide bonds. The van der Waals surface area contributed by atoms with Gasteiger partial charge in [-0.15, -0.1) is 0 Å². The molecule has 0 bridgehead atoms. The Morgan fingerprint density at radius 3 is 2.53 bits per heavy atom. The zero-order valence-electron chi connectivity index (χ0n) is 10.6. The van der Waals surface area contributed by atoms with Gasteiger partial charge in [0, 0.05) is 16.7 Å². The summed E-state index contributed by atoms with van der Waals surface area (Å²) < 4.78 is 6.48. The number of anilines is 1. The van der Waals surface area contributed by atoms with Gasteiger partial charge in [0.05, 0.1) is 11.6 Å². The first kappa shape index (κ1) is 14.2. The summed E-state index contributed by atoms with van der Waals surface area (Å²) in [5, 5.41) is 4.00. The van der Waals surface area contributed by atoms with Gasteiger partial charge in [0.25, 0.3) is 0 Å². The summed E-state index contributed by atoms with van der Waals surface area (Å²) in [5.74, 6) is 0.733. The summed E-state index contributed by atoms with van der Waals surface area (Å²) in [5.41, 5.74) is 2.20. The van der Waals surface area contributed by atoms with E-state index in [4.69, 9.17) is 16.3 Å². The molecule has 0 aliphatic rings. The molecule has 0 aliphatic heterocycles. The number of rotatable bonds is 5. The van der Waals surface area contributed by atoms with Crippen molar-refractivity contribution in [2.24, 2.45) is 0 Å². The highest BCUT2D eigenvalue weighted by Gasteiger charge is 2.02. The minimum Gasteiger partial charge on any atom is -0.492 e. The Balaban J connectivity index is 1.99. The number of halogens is 2. The lowest BCUT2D eigenvalue weighted by atomic mass is 10.2. The van der Waals surface area contributed by atoms with Gasteiger partial charge >= 0.3 is 0 Å². The molecular weight excluding hydrogens is 326 g/mol. The van der Waals surface area contributed by atoms with Crippen LogP contribution in [0.25, 0.3) is 0 Å². The molecule has 0 unspecified atom stereocenters. The van der Waals surface area contributed by atoms with Crippen LogP contribution in [0, 0.1) is 0 Å². The van der Waals surface area contributed by atoms with Crippen LogP contribution >= 0.6 is 27.5 Å². The van der Waals surface area contributed by atoms with Crippen molar-refractivity contribution in [2.45, 2.75) is 13.5 Å². The van der Waals surface area contributed by atoms with Gasteiger partial charge in [-0.25, -0.2) is 0 Å². The van der Waals surface area contributed by atoms with Crippen molar-refractivity contribution >= 4 is 33.2 Å². The summed E-state index contributed by atoms with van der Waals surface area (Å²) in [6.07, 6.45) is 0. The average Bonchev–Trinajstić information content (AvgIpc) is 2.41. The minimum atomic E-state index is 0.621. The molecule has 0 heterocycles. The smallest absolute Gasteiger partial charge is 0.137 e. The van der Waals surface area contributed by atoms with Gasteiger partial charge in [0.1, 0.15) is 5.75 Å². The third-order valence-corrected chi connectivity index (χ3v) is 3.46. The molecule has 0 saturated carbocycles. The number of benzene rings is 2. The zero-order chi connectivity index (χ0) is 13.7. The Kier molecular flexibility index (Phi) is 5.11. The van der Waals surface area contributed by atoms with Crippen LogP contribution in [0.1, 0.15) is 12.5 Å². The van der Waals surface area contributed by atoms with Crippen molar-refractivity contribution in [1.82, 2.24) is 0 Å². The van der Waals surface area contributed by atoms with Gasteiger partial charge in [-0.2, -0.15) is 0 Å². The number of ether oxygens (including phenoxy) is 1. The van der Waals surface area contributed by atoms with E-state index in [1.807, 2.05) is 49.4 Å². The van der Waals surface area contributed by atoms with E-state index in [9.17, 15) is 0 Å². The van der Waals surface area contributed by atoms with Crippen LogP contribution in [0.15, 0.2) is 46.9 Å². The van der Waals surface area contributed by atoms with E-state index in [0.717, 1.165) is 28.0 Å². The van der Waals surface area contributed by atoms with Crippen LogP contribution in [-0.2, 0) is 6.54 Å². The van der Waals surface area contributed by atoms with E-state index in [2.05, 4.69) is 21.2 Å². The molecule has 19 heavy (non-hydrogen) atoms. The molecule has 0 aliphatic carbocycles. The highest BCUT2D eigenvalue weighted by molar-refractivity contribution is 9.10. The second kappa shape index (κ2) is 6.83. The average molecular weight is 341 g/mol. The second-order valence-corrected chi connectivity index (χ2v) is 5.38. The standard InChI is InChI=1S/C15H15BrClNO/c1-2-19-15-8-3-11(9-14(15)17)10-18-13-6-4-12(16)5-7-13/h3-9,18H,2,10H2,1H3. The summed E-state index contributed by atoms with van der Waals surface area (Å²) in [6, 6.07) is 13.9. The predicted molar refractivity (Wildman–Crippen MR) is 84.1 cm³/mol. The van der Waals surface area contributed by atoms with E-state index in [0.29, 0.717) is 11.6 Å². The van der Waals surface area contributed by atoms with Crippen LogP contribution in [0.3, 0.4) is 0 Å². The van der Waals surface area contributed by atoms with E-state index in [-0.39, 0.29) is 0 Å². The number of hydrogen-bond donors (Lipinski definition) is 1. The van der Waals surface area contributed by atoms with Crippen molar-refractivity contribution in [3.63, 3.8) is 0 Å². The van der Waals surface area contributed by atoms with Crippen LogP contribution < -0.4 is 10.1 Å². The normalized spacial score (nSPS) is 10.3. The van der Waals surface area contributed by atoms with Gasteiger partial charge in [0.15, 0.2) is 0 Å². The summed E-state index contributed by atoms with van der Waals surface area (Å²) in [7, 11) is 0. The van der Waals surface area contributed by atoms with Gasteiger partial charge in [0.2, 0.25) is 0 Å². The fourth-order valence-electron chi connectivity index (χ4n) is 1.70. The van der Waals surface area contributed by atoms with Crippen LogP contribution in [-0.4, -0.2) is 6.61 Å². The Labute approximate surface area is 126 Å². The Morgan fingerprint density at radius 1 is 1.16 bits per heavy atom. The van der Waals surface area contributed by atoms with E-state index < -0.39 is 0 Å². The topological polar surface area (TPSA) is 21.3 Å². The Morgan fingerprint density at radius 2 is 1.89 bits per heavy atom. The maximum Gasteiger partial charge on any atom is 0.137 e. The van der Waals surface area contributed by atoms with Crippen molar-refractivity contribution < 1.29 is 4.74 Å². The summed E-state index contributed by atoms with van der Waals surface area (Å²) in [6.45, 7) is 3.29. The fraction of sp³-hybridized carbons (Fsp3) is 0.200. The van der Waals surface area contributed by atoms with Crippen LogP contribution in [0.4, 0.5) is 5.69 Å². The minimum absolute atomic E-state index is 0.621. The molecule has 0 aromatic heterocycles. The highest BCUT2D eigenvalue weighted by atomic mass is 79.9. The lowest BCUT2D eigenvalue weighted by Crippen LogP contribution is -2.00. The molecule has 4 heteroatoms. The molecule has 2 aromatic carbocycles. The second-order valence-electron chi connectivity index (χ2n) is 4.06. The highest BCUT2D eigenvalue weighted by Crippen LogP contribution is 2.25. The van der Waals surface area contributed by atoms with Crippen molar-refractivity contribution in [1.29, 1.82) is 0 Å². The first-order valence-electron chi connectivity index (χ1n) is 6.09. The van der Waals surface area contributed by atoms with Crippen molar-refractivity contribution in [3.05, 3.63) is 57.5 Å². The predicted octanol–water partition coefficient (Wildman–Crippen LogP) is 5.11. The molecular formula is C15H15BrClNO. The van der Waals surface area contributed by atoms with Gasteiger partial charge in [-0.05, 0) is 48.9 Å². The van der Waals surface area contributed by atoms with Crippen molar-refractivity contribution in [3.8, 4) is 5.75 Å². The maximum atomic E-state index is 6.15. The Hall–Kier alpha value is -1.19. The lowest BCUT2D eigenvalue weighted by Gasteiger charge is -2.09. The fourth-order valence-corrected chi connectivity index (χ4v) is 2.22. The molecule has 2 nitrogen and oxygen atoms in total. The van der Waals surface area contributed by atoms with E-state index in [1.165, 1.54) is 0 Å². The lowest BCUT2D eigenvalue weighted by molar-refractivity contribution is 0.340. The molecule has 0 saturated heterocycles. The quantitative estimate of drug-likeness (QED) is 0.816. The van der Waals surface area contributed by atoms with E-state index in [1.54, 1.807) is 0 Å². The van der Waals surface area contributed by atoms with Gasteiger partial charge in [-0.1, -0.05) is 33.6 Å². The number of nitrogens with one attached hydrogen (secondary N) is 1. The largest absolute Gasteiger partial charge is 0.492 e.